The van der Waals surface area contributed by atoms with E-state index in [-0.39, 0.29) is 5.41 Å². The quantitative estimate of drug-likeness (QED) is 0.754. The number of anilines is 1. The first-order valence-electron chi connectivity index (χ1n) is 5.43. The van der Waals surface area contributed by atoms with Gasteiger partial charge < -0.3 is 5.73 Å². The summed E-state index contributed by atoms with van der Waals surface area (Å²) in [6.45, 7) is 4.56. The molecule has 0 saturated carbocycles. The zero-order valence-corrected chi connectivity index (χ0v) is 10.3. The van der Waals surface area contributed by atoms with E-state index in [1.807, 2.05) is 0 Å². The number of aromatic nitrogens is 1. The molecule has 3 heteroatoms. The van der Waals surface area contributed by atoms with Crippen molar-refractivity contribution in [1.82, 2.24) is 4.98 Å². The maximum absolute atomic E-state index is 5.81. The van der Waals surface area contributed by atoms with Gasteiger partial charge in [0.15, 0.2) is 5.13 Å². The number of rotatable bonds is 0. The van der Waals surface area contributed by atoms with Gasteiger partial charge >= 0.3 is 0 Å². The third-order valence-electron chi connectivity index (χ3n) is 3.23. The average molecular weight is 230 g/mol. The first-order valence-corrected chi connectivity index (χ1v) is 6.25. The highest BCUT2D eigenvalue weighted by atomic mass is 32.1. The van der Waals surface area contributed by atoms with Crippen molar-refractivity contribution in [1.29, 1.82) is 0 Å². The van der Waals surface area contributed by atoms with Crippen LogP contribution < -0.4 is 5.73 Å². The van der Waals surface area contributed by atoms with Crippen LogP contribution in [0.4, 0.5) is 5.13 Å². The lowest BCUT2D eigenvalue weighted by Crippen LogP contribution is -2.24. The summed E-state index contributed by atoms with van der Waals surface area (Å²) in [7, 11) is 0. The molecule has 1 aromatic carbocycles. The van der Waals surface area contributed by atoms with Gasteiger partial charge in [-0.3, -0.25) is 0 Å². The van der Waals surface area contributed by atoms with Crippen molar-refractivity contribution in [2.45, 2.75) is 25.7 Å². The van der Waals surface area contributed by atoms with Gasteiger partial charge in [-0.1, -0.05) is 38.1 Å². The Kier molecular flexibility index (Phi) is 1.89. The summed E-state index contributed by atoms with van der Waals surface area (Å²) >= 11 is 1.62. The number of nitrogens with two attached hydrogens (primary N) is 1. The second kappa shape index (κ2) is 3.08. The van der Waals surface area contributed by atoms with Crippen LogP contribution in [0.5, 0.6) is 0 Å². The molecular weight excluding hydrogens is 216 g/mol. The van der Waals surface area contributed by atoms with Gasteiger partial charge in [-0.2, -0.15) is 0 Å². The summed E-state index contributed by atoms with van der Waals surface area (Å²) in [5.74, 6) is 0. The molecular formula is C13H14N2S. The molecule has 0 atom stereocenters. The fourth-order valence-electron chi connectivity index (χ4n) is 2.48. The number of nitrogens with zero attached hydrogens (tertiary/aromatic N) is 1. The van der Waals surface area contributed by atoms with Crippen LogP contribution in [0.25, 0.3) is 11.3 Å². The van der Waals surface area contributed by atoms with Crippen molar-refractivity contribution >= 4 is 16.5 Å². The second-order valence-corrected chi connectivity index (χ2v) is 6.05. The summed E-state index contributed by atoms with van der Waals surface area (Å²) in [4.78, 5) is 5.77. The third kappa shape index (κ3) is 1.28. The third-order valence-corrected chi connectivity index (χ3v) is 4.11. The highest BCUT2D eigenvalue weighted by Gasteiger charge is 2.32. The number of hydrogen-bond acceptors (Lipinski definition) is 3. The van der Waals surface area contributed by atoms with E-state index < -0.39 is 0 Å². The van der Waals surface area contributed by atoms with Crippen molar-refractivity contribution in [3.63, 3.8) is 0 Å². The molecule has 0 unspecified atom stereocenters. The lowest BCUT2D eigenvalue weighted by Gasteiger charge is -2.31. The smallest absolute Gasteiger partial charge is 0.180 e. The van der Waals surface area contributed by atoms with Gasteiger partial charge in [0, 0.05) is 10.4 Å². The predicted molar refractivity (Wildman–Crippen MR) is 68.7 cm³/mol. The number of thiazole rings is 1. The first kappa shape index (κ1) is 9.85. The van der Waals surface area contributed by atoms with Crippen LogP contribution in [-0.2, 0) is 11.8 Å². The number of benzene rings is 1. The Morgan fingerprint density at radius 3 is 2.88 bits per heavy atom. The molecule has 0 fully saturated rings. The molecule has 16 heavy (non-hydrogen) atoms. The summed E-state index contributed by atoms with van der Waals surface area (Å²) < 4.78 is 0. The molecule has 82 valence electrons. The molecule has 1 heterocycles. The molecule has 2 aromatic rings. The fraction of sp³-hybridized carbons (Fsp3) is 0.308. The monoisotopic (exact) mass is 230 g/mol. The fourth-order valence-corrected chi connectivity index (χ4v) is 3.55. The van der Waals surface area contributed by atoms with E-state index in [1.54, 1.807) is 11.3 Å². The Morgan fingerprint density at radius 2 is 2.06 bits per heavy atom. The Morgan fingerprint density at radius 1 is 1.31 bits per heavy atom. The van der Waals surface area contributed by atoms with Crippen LogP contribution in [0.1, 0.15) is 24.3 Å². The highest BCUT2D eigenvalue weighted by molar-refractivity contribution is 7.15. The van der Waals surface area contributed by atoms with Crippen LogP contribution in [0.2, 0.25) is 0 Å². The number of hydrogen-bond donors (Lipinski definition) is 1. The summed E-state index contributed by atoms with van der Waals surface area (Å²) in [5, 5.41) is 0.678. The zero-order chi connectivity index (χ0) is 11.3. The molecule has 0 radical (unpaired) electrons. The molecule has 3 rings (SSSR count). The van der Waals surface area contributed by atoms with Gasteiger partial charge in [0.05, 0.1) is 5.69 Å². The van der Waals surface area contributed by atoms with E-state index in [9.17, 15) is 0 Å². The normalized spacial score (nSPS) is 16.6. The zero-order valence-electron chi connectivity index (χ0n) is 9.45. The lowest BCUT2D eigenvalue weighted by atomic mass is 9.74. The summed E-state index contributed by atoms with van der Waals surface area (Å²) in [5.41, 5.74) is 9.72. The van der Waals surface area contributed by atoms with Gasteiger partial charge in [0.25, 0.3) is 0 Å². The molecule has 0 amide bonds. The molecule has 0 saturated heterocycles. The largest absolute Gasteiger partial charge is 0.375 e. The van der Waals surface area contributed by atoms with Gasteiger partial charge in [-0.15, -0.1) is 11.3 Å². The van der Waals surface area contributed by atoms with Crippen LogP contribution in [0.3, 0.4) is 0 Å². The number of nitrogen functional groups attached to an aromatic ring is 1. The van der Waals surface area contributed by atoms with Crippen molar-refractivity contribution in [2.75, 3.05) is 5.73 Å². The van der Waals surface area contributed by atoms with Crippen LogP contribution in [0, 0.1) is 0 Å². The summed E-state index contributed by atoms with van der Waals surface area (Å²) in [6, 6.07) is 8.52. The minimum absolute atomic E-state index is 0.183. The predicted octanol–water partition coefficient (Wildman–Crippen LogP) is 3.23. The van der Waals surface area contributed by atoms with Gasteiger partial charge in [-0.25, -0.2) is 4.98 Å². The molecule has 1 aliphatic carbocycles. The van der Waals surface area contributed by atoms with Crippen molar-refractivity contribution in [3.8, 4) is 11.3 Å². The SMILES string of the molecule is CC1(C)Cc2sc(N)nc2-c2ccccc21. The van der Waals surface area contributed by atoms with E-state index in [2.05, 4.69) is 43.1 Å². The Bertz CT molecular complexity index is 555. The Balaban J connectivity index is 2.32. The second-order valence-electron chi connectivity index (χ2n) is 4.93. The lowest BCUT2D eigenvalue weighted by molar-refractivity contribution is 0.521. The Labute approximate surface area is 99.1 Å². The van der Waals surface area contributed by atoms with Crippen LogP contribution in [0.15, 0.2) is 24.3 Å². The van der Waals surface area contributed by atoms with Crippen molar-refractivity contribution < 1.29 is 0 Å². The van der Waals surface area contributed by atoms with E-state index in [4.69, 9.17) is 5.73 Å². The van der Waals surface area contributed by atoms with E-state index in [0.29, 0.717) is 5.13 Å². The maximum Gasteiger partial charge on any atom is 0.180 e. The van der Waals surface area contributed by atoms with E-state index >= 15 is 0 Å². The van der Waals surface area contributed by atoms with Crippen LogP contribution in [-0.4, -0.2) is 4.98 Å². The number of fused-ring (bicyclic) bond motifs is 3. The first-order chi connectivity index (χ1) is 7.58. The van der Waals surface area contributed by atoms with E-state index in [0.717, 1.165) is 12.1 Å². The van der Waals surface area contributed by atoms with Gasteiger partial charge in [0.1, 0.15) is 0 Å². The van der Waals surface area contributed by atoms with Crippen LogP contribution >= 0.6 is 11.3 Å². The molecule has 0 bridgehead atoms. The average Bonchev–Trinajstić information content (AvgIpc) is 2.58. The van der Waals surface area contributed by atoms with E-state index in [1.165, 1.54) is 16.0 Å². The highest BCUT2D eigenvalue weighted by Crippen LogP contribution is 2.44. The summed E-state index contributed by atoms with van der Waals surface area (Å²) in [6.07, 6.45) is 1.04. The van der Waals surface area contributed by atoms with Crippen molar-refractivity contribution in [2.24, 2.45) is 0 Å². The minimum atomic E-state index is 0.183. The molecule has 0 aliphatic heterocycles. The van der Waals surface area contributed by atoms with Gasteiger partial charge in [-0.05, 0) is 17.4 Å². The molecule has 2 nitrogen and oxygen atoms in total. The maximum atomic E-state index is 5.81. The minimum Gasteiger partial charge on any atom is -0.375 e. The molecule has 0 spiro atoms. The standard InChI is InChI=1S/C13H14N2S/c1-13(2)7-10-11(15-12(14)16-10)8-5-3-4-6-9(8)13/h3-6H,7H2,1-2H3,(H2,14,15). The topological polar surface area (TPSA) is 38.9 Å². The Hall–Kier alpha value is -1.35. The van der Waals surface area contributed by atoms with Gasteiger partial charge in [0.2, 0.25) is 0 Å². The molecule has 2 N–H and O–H groups in total. The van der Waals surface area contributed by atoms with Crippen molar-refractivity contribution in [3.05, 3.63) is 34.7 Å². The molecule has 1 aliphatic rings. The molecule has 1 aromatic heterocycles.